The lowest BCUT2D eigenvalue weighted by Gasteiger charge is -2.00. The zero-order chi connectivity index (χ0) is 19.5. The number of para-hydroxylation sites is 2. The van der Waals surface area contributed by atoms with Gasteiger partial charge in [-0.3, -0.25) is 0 Å². The van der Waals surface area contributed by atoms with Crippen LogP contribution in [0, 0.1) is 0 Å². The molecule has 0 aliphatic heterocycles. The van der Waals surface area contributed by atoms with Gasteiger partial charge in [0.2, 0.25) is 17.8 Å². The summed E-state index contributed by atoms with van der Waals surface area (Å²) in [6, 6.07) is 18.7. The molecule has 0 saturated heterocycles. The van der Waals surface area contributed by atoms with Crippen LogP contribution in [0.3, 0.4) is 0 Å². The first-order chi connectivity index (χ1) is 13.6. The number of benzene rings is 2. The molecular formula is C20H17N6O2+. The summed E-state index contributed by atoms with van der Waals surface area (Å²) in [5.41, 5.74) is 13.1. The van der Waals surface area contributed by atoms with Gasteiger partial charge in [0.05, 0.1) is 17.3 Å². The van der Waals surface area contributed by atoms with Crippen molar-refractivity contribution in [3.63, 3.8) is 0 Å². The van der Waals surface area contributed by atoms with Crippen molar-refractivity contribution in [3.8, 4) is 16.9 Å². The van der Waals surface area contributed by atoms with Gasteiger partial charge in [-0.2, -0.15) is 10.2 Å². The third-order valence-corrected chi connectivity index (χ3v) is 4.10. The number of nitrogens with zero attached hydrogens (tertiary/aromatic N) is 3. The Labute approximate surface area is 159 Å². The molecule has 0 unspecified atom stereocenters. The molecule has 0 radical (unpaired) electrons. The largest absolute Gasteiger partial charge is 0.422 e. The monoisotopic (exact) mass is 373 g/mol. The fourth-order valence-electron chi connectivity index (χ4n) is 2.86. The van der Waals surface area contributed by atoms with Crippen molar-refractivity contribution in [1.82, 2.24) is 5.10 Å². The fraction of sp³-hybridized carbons (Fsp3) is 0. The minimum atomic E-state index is -0.461. The molecule has 138 valence electrons. The summed E-state index contributed by atoms with van der Waals surface area (Å²) in [4.78, 5) is 12.6. The average Bonchev–Trinajstić information content (AvgIpc) is 3.12. The predicted octanol–water partition coefficient (Wildman–Crippen LogP) is 1.67. The van der Waals surface area contributed by atoms with Crippen LogP contribution >= 0.6 is 0 Å². The van der Waals surface area contributed by atoms with Crippen molar-refractivity contribution < 1.29 is 9.10 Å². The summed E-state index contributed by atoms with van der Waals surface area (Å²) in [5, 5.41) is 11.5. The molecule has 8 heteroatoms. The molecule has 4 aromatic rings. The van der Waals surface area contributed by atoms with E-state index in [1.807, 2.05) is 48.5 Å². The Morgan fingerprint density at radius 3 is 2.61 bits per heavy atom. The molecule has 0 spiro atoms. The first-order valence-electron chi connectivity index (χ1n) is 8.47. The maximum Gasteiger partial charge on any atom is 0.345 e. The van der Waals surface area contributed by atoms with Crippen LogP contribution in [-0.2, 0) is 0 Å². The Hall–Kier alpha value is -4.20. The van der Waals surface area contributed by atoms with Gasteiger partial charge in [-0.25, -0.2) is 4.79 Å². The van der Waals surface area contributed by atoms with Crippen LogP contribution in [0.1, 0.15) is 5.56 Å². The number of rotatable bonds is 4. The number of hydrogen-bond acceptors (Lipinski definition) is 4. The molecule has 4 rings (SSSR count). The first kappa shape index (κ1) is 17.2. The van der Waals surface area contributed by atoms with E-state index < -0.39 is 5.63 Å². The number of hydrogen-bond donors (Lipinski definition) is 3. The minimum absolute atomic E-state index is 0.158. The number of H-pyrrole nitrogens is 1. The molecule has 0 aliphatic carbocycles. The first-order valence-corrected chi connectivity index (χ1v) is 8.47. The molecule has 0 saturated carbocycles. The Kier molecular flexibility index (Phi) is 4.43. The van der Waals surface area contributed by atoms with Gasteiger partial charge in [0.25, 0.3) is 0 Å². The van der Waals surface area contributed by atoms with Gasteiger partial charge < -0.3 is 15.9 Å². The van der Waals surface area contributed by atoms with E-state index in [1.54, 1.807) is 23.0 Å². The van der Waals surface area contributed by atoms with Crippen molar-refractivity contribution in [2.75, 3.05) is 0 Å². The second-order valence-corrected chi connectivity index (χ2v) is 6.03. The summed E-state index contributed by atoms with van der Waals surface area (Å²) in [6.07, 6.45) is 3.27. The van der Waals surface area contributed by atoms with E-state index in [2.05, 4.69) is 15.3 Å². The molecule has 2 aromatic heterocycles. The quantitative estimate of drug-likeness (QED) is 0.165. The summed E-state index contributed by atoms with van der Waals surface area (Å²) >= 11 is 0. The molecule has 2 aromatic carbocycles. The van der Waals surface area contributed by atoms with Crippen molar-refractivity contribution in [2.45, 2.75) is 0 Å². The summed E-state index contributed by atoms with van der Waals surface area (Å²) < 4.78 is 7.24. The molecule has 0 aliphatic rings. The zero-order valence-electron chi connectivity index (χ0n) is 14.7. The van der Waals surface area contributed by atoms with Gasteiger partial charge in [-0.15, -0.1) is 5.10 Å². The Morgan fingerprint density at radius 2 is 1.82 bits per heavy atom. The van der Waals surface area contributed by atoms with E-state index in [-0.39, 0.29) is 5.96 Å². The number of aromatic amines is 1. The maximum atomic E-state index is 12.6. The van der Waals surface area contributed by atoms with Gasteiger partial charge in [0, 0.05) is 17.5 Å². The van der Waals surface area contributed by atoms with Gasteiger partial charge in [0.15, 0.2) is 0 Å². The highest BCUT2D eigenvalue weighted by molar-refractivity contribution is 5.90. The number of guanidine groups is 1. The number of nitrogens with two attached hydrogens (primary N) is 2. The molecule has 28 heavy (non-hydrogen) atoms. The fourth-order valence-corrected chi connectivity index (χ4v) is 2.86. The lowest BCUT2D eigenvalue weighted by Crippen LogP contribution is -2.31. The highest BCUT2D eigenvalue weighted by Crippen LogP contribution is 2.21. The highest BCUT2D eigenvalue weighted by Gasteiger charge is 2.20. The van der Waals surface area contributed by atoms with Crippen LogP contribution in [0.2, 0.25) is 0 Å². The topological polar surface area (TPSA) is 127 Å². The van der Waals surface area contributed by atoms with E-state index in [1.165, 1.54) is 6.21 Å². The third kappa shape index (κ3) is 3.38. The van der Waals surface area contributed by atoms with Crippen LogP contribution < -0.4 is 21.8 Å². The zero-order valence-corrected chi connectivity index (χ0v) is 14.7. The van der Waals surface area contributed by atoms with E-state index in [0.29, 0.717) is 22.4 Å². The summed E-state index contributed by atoms with van der Waals surface area (Å²) in [5.74, 6) is -0.158. The van der Waals surface area contributed by atoms with Gasteiger partial charge >= 0.3 is 5.63 Å². The molecule has 8 nitrogen and oxygen atoms in total. The van der Waals surface area contributed by atoms with E-state index in [4.69, 9.17) is 15.9 Å². The van der Waals surface area contributed by atoms with E-state index >= 15 is 0 Å². The Bertz CT molecular complexity index is 1250. The van der Waals surface area contributed by atoms with Crippen LogP contribution in [-0.4, -0.2) is 17.3 Å². The standard InChI is InChI=1S/C20H16N6O2/c21-20(22)24-23-11-14-12-26(15-7-2-1-3-8-15)25-18(14)16-10-13-6-4-5-9-17(13)28-19(16)27/h1-12H,(H4,21,22,24)/p+1/b23-11+. The highest BCUT2D eigenvalue weighted by atomic mass is 16.4. The predicted molar refractivity (Wildman–Crippen MR) is 107 cm³/mol. The maximum absolute atomic E-state index is 12.6. The van der Waals surface area contributed by atoms with Crippen LogP contribution in [0.4, 0.5) is 0 Å². The molecule has 0 fully saturated rings. The van der Waals surface area contributed by atoms with Gasteiger partial charge in [-0.05, 0) is 12.1 Å². The Morgan fingerprint density at radius 1 is 1.07 bits per heavy atom. The third-order valence-electron chi connectivity index (χ3n) is 4.10. The van der Waals surface area contributed by atoms with Crippen molar-refractivity contribution in [3.05, 3.63) is 82.8 Å². The van der Waals surface area contributed by atoms with Crippen molar-refractivity contribution in [2.24, 2.45) is 21.7 Å². The summed E-state index contributed by atoms with van der Waals surface area (Å²) in [6.45, 7) is 0. The number of aromatic nitrogens is 2. The van der Waals surface area contributed by atoms with Crippen LogP contribution in [0.25, 0.3) is 27.9 Å². The van der Waals surface area contributed by atoms with Crippen molar-refractivity contribution >= 4 is 23.1 Å². The Balaban J connectivity index is 1.91. The summed E-state index contributed by atoms with van der Waals surface area (Å²) in [7, 11) is 0. The molecule has 5 N–H and O–H groups in total. The molecule has 0 atom stereocenters. The second-order valence-electron chi connectivity index (χ2n) is 6.03. The van der Waals surface area contributed by atoms with E-state index in [9.17, 15) is 4.79 Å². The number of fused-ring (bicyclic) bond motifs is 1. The molecule has 0 bridgehead atoms. The van der Waals surface area contributed by atoms with Crippen LogP contribution in [0.5, 0.6) is 0 Å². The van der Waals surface area contributed by atoms with Gasteiger partial charge in [-0.1, -0.05) is 41.1 Å². The molecule has 0 amide bonds. The smallest absolute Gasteiger partial charge is 0.345 e. The lowest BCUT2D eigenvalue weighted by molar-refractivity contribution is -0.654. The van der Waals surface area contributed by atoms with Crippen LogP contribution in [0.15, 0.2) is 86.3 Å². The SMILES string of the molecule is NC(N)=N/N=C/c1c[n+](-c2ccccc2)[nH]c1-c1cc2ccccc2oc1=O. The normalized spacial score (nSPS) is 11.1. The molecular weight excluding hydrogens is 356 g/mol. The van der Waals surface area contributed by atoms with Crippen molar-refractivity contribution in [1.29, 1.82) is 0 Å². The number of nitrogens with one attached hydrogen (secondary N) is 1. The van der Waals surface area contributed by atoms with E-state index in [0.717, 1.165) is 11.1 Å². The lowest BCUT2D eigenvalue weighted by atomic mass is 10.1. The average molecular weight is 373 g/mol. The second kappa shape index (κ2) is 7.20. The van der Waals surface area contributed by atoms with Gasteiger partial charge in [0.1, 0.15) is 11.3 Å². The molecule has 2 heterocycles. The minimum Gasteiger partial charge on any atom is -0.422 e.